The van der Waals surface area contributed by atoms with Crippen molar-refractivity contribution in [3.05, 3.63) is 48.0 Å². The molecule has 31 heavy (non-hydrogen) atoms. The zero-order chi connectivity index (χ0) is 22.1. The van der Waals surface area contributed by atoms with Crippen molar-refractivity contribution in [2.75, 3.05) is 30.4 Å². The average molecular weight is 425 g/mol. The highest BCUT2D eigenvalue weighted by atomic mass is 16.5. The highest BCUT2D eigenvalue weighted by molar-refractivity contribution is 5.94. The molecule has 0 radical (unpaired) electrons. The van der Waals surface area contributed by atoms with Crippen LogP contribution in [0.1, 0.15) is 39.2 Å². The van der Waals surface area contributed by atoms with Crippen LogP contribution >= 0.6 is 0 Å². The maximum absolute atomic E-state index is 12.2. The number of fused-ring (bicyclic) bond motifs is 1. The van der Waals surface area contributed by atoms with Crippen LogP contribution in [0, 0.1) is 5.92 Å². The second-order valence-corrected chi connectivity index (χ2v) is 7.53. The van der Waals surface area contributed by atoms with Crippen LogP contribution in [0.4, 0.5) is 11.4 Å². The Hall–Kier alpha value is -3.22. The summed E-state index contributed by atoms with van der Waals surface area (Å²) < 4.78 is 11.5. The van der Waals surface area contributed by atoms with E-state index in [0.717, 1.165) is 47.8 Å². The lowest BCUT2D eigenvalue weighted by Crippen LogP contribution is -2.30. The normalized spacial score (nSPS) is 14.4. The number of rotatable bonds is 7. The van der Waals surface area contributed by atoms with Crippen molar-refractivity contribution in [3.8, 4) is 11.5 Å². The predicted molar refractivity (Wildman–Crippen MR) is 125 cm³/mol. The van der Waals surface area contributed by atoms with Crippen LogP contribution in [0.15, 0.2) is 47.5 Å². The number of guanidine groups is 1. The fourth-order valence-corrected chi connectivity index (χ4v) is 3.05. The summed E-state index contributed by atoms with van der Waals surface area (Å²) in [6.07, 6.45) is 1.69. The lowest BCUT2D eigenvalue weighted by Gasteiger charge is -2.14. The summed E-state index contributed by atoms with van der Waals surface area (Å²) in [5, 5.41) is 9.56. The van der Waals surface area contributed by atoms with Crippen LogP contribution in [0.3, 0.4) is 0 Å². The zero-order valence-electron chi connectivity index (χ0n) is 18.5. The fraction of sp³-hybridized carbons (Fsp3) is 0.417. The molecule has 0 saturated heterocycles. The highest BCUT2D eigenvalue weighted by Crippen LogP contribution is 2.32. The predicted octanol–water partition coefficient (Wildman–Crippen LogP) is 4.41. The minimum absolute atomic E-state index is 0.0125. The van der Waals surface area contributed by atoms with E-state index in [4.69, 9.17) is 14.5 Å². The monoisotopic (exact) mass is 424 g/mol. The van der Waals surface area contributed by atoms with Crippen molar-refractivity contribution in [2.24, 2.45) is 10.9 Å². The molecule has 7 nitrogen and oxygen atoms in total. The van der Waals surface area contributed by atoms with Crippen molar-refractivity contribution in [1.82, 2.24) is 5.32 Å². The molecule has 0 aliphatic carbocycles. The number of hydrogen-bond acceptors (Lipinski definition) is 4. The quantitative estimate of drug-likeness (QED) is 0.453. The first-order valence-electron chi connectivity index (χ1n) is 10.9. The molecule has 2 aromatic rings. The minimum atomic E-state index is -0.0125. The maximum atomic E-state index is 12.2. The molecule has 1 unspecified atom stereocenters. The Balaban J connectivity index is 1.68. The molecule has 1 heterocycles. The standard InChI is InChI=1S/C24H32N4O3/c1-4-17(3)23(29)27-19-9-6-8-18(14-19)16-26-24(25-5-2)28-20-10-11-21-22(15-20)31-13-7-12-30-21/h6,8-11,14-15,17H,4-5,7,12-13,16H2,1-3H3,(H,27,29)(H2,25,26,28). The molecule has 0 spiro atoms. The van der Waals surface area contributed by atoms with Crippen molar-refractivity contribution < 1.29 is 14.3 Å². The first kappa shape index (κ1) is 22.5. The molecule has 0 aromatic heterocycles. The molecular weight excluding hydrogens is 392 g/mol. The number of carbonyl (C=O) groups excluding carboxylic acids is 1. The molecule has 1 aliphatic rings. The van der Waals surface area contributed by atoms with E-state index in [-0.39, 0.29) is 11.8 Å². The molecule has 1 atom stereocenters. The van der Waals surface area contributed by atoms with Crippen molar-refractivity contribution in [3.63, 3.8) is 0 Å². The molecule has 3 rings (SSSR count). The number of nitrogens with one attached hydrogen (secondary N) is 3. The molecule has 1 aliphatic heterocycles. The van der Waals surface area contributed by atoms with Crippen molar-refractivity contribution >= 4 is 23.2 Å². The SMILES string of the molecule is CCNC(=NCc1cccc(NC(=O)C(C)CC)c1)Nc1ccc2c(c1)OCCCO2. The summed E-state index contributed by atoms with van der Waals surface area (Å²) in [6.45, 7) is 8.49. The maximum Gasteiger partial charge on any atom is 0.227 e. The van der Waals surface area contributed by atoms with Gasteiger partial charge in [-0.25, -0.2) is 4.99 Å². The number of hydrogen-bond donors (Lipinski definition) is 3. The number of anilines is 2. The van der Waals surface area contributed by atoms with Crippen molar-refractivity contribution in [2.45, 2.75) is 40.2 Å². The van der Waals surface area contributed by atoms with Gasteiger partial charge in [-0.2, -0.15) is 0 Å². The van der Waals surface area contributed by atoms with Crippen LogP contribution in [-0.4, -0.2) is 31.6 Å². The summed E-state index contributed by atoms with van der Waals surface area (Å²) in [6, 6.07) is 13.6. The lowest BCUT2D eigenvalue weighted by atomic mass is 10.1. The number of amides is 1. The summed E-state index contributed by atoms with van der Waals surface area (Å²) in [7, 11) is 0. The summed E-state index contributed by atoms with van der Waals surface area (Å²) in [5.41, 5.74) is 2.68. The van der Waals surface area contributed by atoms with Gasteiger partial charge in [-0.3, -0.25) is 4.79 Å². The number of nitrogens with zero attached hydrogens (tertiary/aromatic N) is 1. The van der Waals surface area contributed by atoms with E-state index in [1.165, 1.54) is 0 Å². The van der Waals surface area contributed by atoms with Crippen LogP contribution in [0.5, 0.6) is 11.5 Å². The minimum Gasteiger partial charge on any atom is -0.490 e. The van der Waals surface area contributed by atoms with E-state index in [0.29, 0.717) is 25.7 Å². The largest absolute Gasteiger partial charge is 0.490 e. The Morgan fingerprint density at radius 1 is 1.03 bits per heavy atom. The van der Waals surface area contributed by atoms with Crippen LogP contribution in [0.25, 0.3) is 0 Å². The smallest absolute Gasteiger partial charge is 0.227 e. The molecule has 0 fully saturated rings. The van der Waals surface area contributed by atoms with Gasteiger partial charge in [0, 0.05) is 36.3 Å². The van der Waals surface area contributed by atoms with E-state index in [1.807, 2.05) is 63.2 Å². The Morgan fingerprint density at radius 2 is 1.81 bits per heavy atom. The molecular formula is C24H32N4O3. The van der Waals surface area contributed by atoms with Gasteiger partial charge in [-0.1, -0.05) is 26.0 Å². The first-order chi connectivity index (χ1) is 15.1. The third-order valence-electron chi connectivity index (χ3n) is 5.03. The third-order valence-corrected chi connectivity index (χ3v) is 5.03. The summed E-state index contributed by atoms with van der Waals surface area (Å²) in [4.78, 5) is 16.8. The molecule has 0 bridgehead atoms. The second-order valence-electron chi connectivity index (χ2n) is 7.53. The number of ether oxygens (including phenoxy) is 2. The van der Waals surface area contributed by atoms with Gasteiger partial charge in [-0.15, -0.1) is 0 Å². The van der Waals surface area contributed by atoms with Gasteiger partial charge in [0.15, 0.2) is 17.5 Å². The van der Waals surface area contributed by atoms with Crippen LogP contribution in [0.2, 0.25) is 0 Å². The Kier molecular flexibility index (Phi) is 8.15. The molecule has 3 N–H and O–H groups in total. The summed E-state index contributed by atoms with van der Waals surface area (Å²) >= 11 is 0. The molecule has 166 valence electrons. The summed E-state index contributed by atoms with van der Waals surface area (Å²) in [5.74, 6) is 2.20. The van der Waals surface area contributed by atoms with Gasteiger partial charge in [0.2, 0.25) is 5.91 Å². The first-order valence-corrected chi connectivity index (χ1v) is 10.9. The Morgan fingerprint density at radius 3 is 2.58 bits per heavy atom. The van der Waals surface area contributed by atoms with Gasteiger partial charge in [0.1, 0.15) is 0 Å². The molecule has 1 amide bonds. The lowest BCUT2D eigenvalue weighted by molar-refractivity contribution is -0.119. The van der Waals surface area contributed by atoms with E-state index >= 15 is 0 Å². The zero-order valence-corrected chi connectivity index (χ0v) is 18.5. The number of carbonyl (C=O) groups is 1. The highest BCUT2D eigenvalue weighted by Gasteiger charge is 2.12. The van der Waals surface area contributed by atoms with Crippen LogP contribution < -0.4 is 25.4 Å². The number of aliphatic imine (C=N–C) groups is 1. The van der Waals surface area contributed by atoms with Crippen LogP contribution in [-0.2, 0) is 11.3 Å². The van der Waals surface area contributed by atoms with Gasteiger partial charge in [-0.05, 0) is 43.2 Å². The van der Waals surface area contributed by atoms with E-state index in [1.54, 1.807) is 0 Å². The van der Waals surface area contributed by atoms with Crippen molar-refractivity contribution in [1.29, 1.82) is 0 Å². The van der Waals surface area contributed by atoms with E-state index in [9.17, 15) is 4.79 Å². The molecule has 2 aromatic carbocycles. The Bertz CT molecular complexity index is 913. The van der Waals surface area contributed by atoms with Gasteiger partial charge in [0.25, 0.3) is 0 Å². The van der Waals surface area contributed by atoms with E-state index < -0.39 is 0 Å². The van der Waals surface area contributed by atoms with Gasteiger partial charge >= 0.3 is 0 Å². The van der Waals surface area contributed by atoms with E-state index in [2.05, 4.69) is 16.0 Å². The van der Waals surface area contributed by atoms with Gasteiger partial charge in [0.05, 0.1) is 19.8 Å². The Labute approximate surface area is 184 Å². The topological polar surface area (TPSA) is 84.0 Å². The van der Waals surface area contributed by atoms with Gasteiger partial charge < -0.3 is 25.4 Å². The number of benzene rings is 2. The third kappa shape index (κ3) is 6.64. The average Bonchev–Trinajstić information content (AvgIpc) is 3.02. The second kappa shape index (κ2) is 11.2. The fourth-order valence-electron chi connectivity index (χ4n) is 3.05. The molecule has 7 heteroatoms. The molecule has 0 saturated carbocycles.